The van der Waals surface area contributed by atoms with Gasteiger partial charge in [0.15, 0.2) is 0 Å². The van der Waals surface area contributed by atoms with Gasteiger partial charge in [-0.1, -0.05) is 6.07 Å². The summed E-state index contributed by atoms with van der Waals surface area (Å²) in [5, 5.41) is 2.67. The van der Waals surface area contributed by atoms with Crippen molar-refractivity contribution in [3.63, 3.8) is 0 Å². The fourth-order valence-electron chi connectivity index (χ4n) is 1.86. The van der Waals surface area contributed by atoms with E-state index in [1.165, 1.54) is 18.2 Å². The van der Waals surface area contributed by atoms with E-state index in [-0.39, 0.29) is 5.91 Å². The Morgan fingerprint density at radius 3 is 2.41 bits per heavy atom. The van der Waals surface area contributed by atoms with Gasteiger partial charge < -0.3 is 14.8 Å². The first-order valence-electron chi connectivity index (χ1n) is 7.08. The van der Waals surface area contributed by atoms with E-state index < -0.39 is 5.82 Å². The van der Waals surface area contributed by atoms with Gasteiger partial charge in [0.25, 0.3) is 5.91 Å². The number of hydrogen-bond acceptors (Lipinski definition) is 3. The van der Waals surface area contributed by atoms with Gasteiger partial charge in [0.05, 0.1) is 13.2 Å². The minimum atomic E-state index is -0.432. The first-order valence-corrected chi connectivity index (χ1v) is 7.08. The molecule has 1 amide bonds. The van der Waals surface area contributed by atoms with E-state index in [4.69, 9.17) is 9.47 Å². The summed E-state index contributed by atoms with van der Waals surface area (Å²) in [4.78, 5) is 11.8. The van der Waals surface area contributed by atoms with E-state index in [1.807, 2.05) is 19.1 Å². The van der Waals surface area contributed by atoms with Crippen molar-refractivity contribution in [3.8, 4) is 11.5 Å². The Bertz CT molecular complexity index is 614. The summed E-state index contributed by atoms with van der Waals surface area (Å²) >= 11 is 0. The molecule has 2 aromatic carbocycles. The molecule has 1 N–H and O–H groups in total. The Labute approximate surface area is 128 Å². The minimum absolute atomic E-state index is 0.293. The lowest BCUT2D eigenvalue weighted by atomic mass is 10.2. The van der Waals surface area contributed by atoms with Crippen LogP contribution in [0.4, 0.5) is 4.39 Å². The van der Waals surface area contributed by atoms with E-state index >= 15 is 0 Å². The van der Waals surface area contributed by atoms with Crippen LogP contribution in [-0.4, -0.2) is 25.7 Å². The molecule has 0 unspecified atom stereocenters. The lowest BCUT2D eigenvalue weighted by Crippen LogP contribution is -2.28. The predicted octanol–water partition coefficient (Wildman–Crippen LogP) is 3.03. The second-order valence-electron chi connectivity index (χ2n) is 4.52. The molecule has 0 aliphatic heterocycles. The normalized spacial score (nSPS) is 10.1. The standard InChI is InChI=1S/C17H18FNO3/c1-2-21-15-6-8-16(9-7-15)22-11-10-19-17(20)13-4-3-5-14(18)12-13/h3-9,12H,2,10-11H2,1H3,(H,19,20). The van der Waals surface area contributed by atoms with Gasteiger partial charge in [-0.15, -0.1) is 0 Å². The molecular formula is C17H18FNO3. The van der Waals surface area contributed by atoms with Crippen LogP contribution in [0.15, 0.2) is 48.5 Å². The second kappa shape index (κ2) is 8.02. The summed E-state index contributed by atoms with van der Waals surface area (Å²) in [5.74, 6) is 0.728. The lowest BCUT2D eigenvalue weighted by Gasteiger charge is -2.09. The number of rotatable bonds is 7. The van der Waals surface area contributed by atoms with Crippen LogP contribution in [0.25, 0.3) is 0 Å². The number of hydrogen-bond donors (Lipinski definition) is 1. The topological polar surface area (TPSA) is 47.6 Å². The number of halogens is 1. The first kappa shape index (κ1) is 15.8. The number of ether oxygens (including phenoxy) is 2. The van der Waals surface area contributed by atoms with Crippen LogP contribution in [0.1, 0.15) is 17.3 Å². The summed E-state index contributed by atoms with van der Waals surface area (Å²) in [6, 6.07) is 12.8. The second-order valence-corrected chi connectivity index (χ2v) is 4.52. The fraction of sp³-hybridized carbons (Fsp3) is 0.235. The van der Waals surface area contributed by atoms with Crippen molar-refractivity contribution in [1.29, 1.82) is 0 Å². The van der Waals surface area contributed by atoms with Gasteiger partial charge >= 0.3 is 0 Å². The number of nitrogens with one attached hydrogen (secondary N) is 1. The number of carbonyl (C=O) groups excluding carboxylic acids is 1. The Morgan fingerprint density at radius 1 is 1.09 bits per heavy atom. The molecular weight excluding hydrogens is 285 g/mol. The Balaban J connectivity index is 1.73. The van der Waals surface area contributed by atoms with Crippen molar-refractivity contribution in [2.45, 2.75) is 6.92 Å². The quantitative estimate of drug-likeness (QED) is 0.800. The van der Waals surface area contributed by atoms with Gasteiger partial charge in [0.2, 0.25) is 0 Å². The maximum Gasteiger partial charge on any atom is 0.251 e. The summed E-state index contributed by atoms with van der Waals surface area (Å²) in [7, 11) is 0. The number of carbonyl (C=O) groups is 1. The third-order valence-corrected chi connectivity index (χ3v) is 2.88. The monoisotopic (exact) mass is 303 g/mol. The zero-order valence-electron chi connectivity index (χ0n) is 12.3. The molecule has 0 heterocycles. The highest BCUT2D eigenvalue weighted by atomic mass is 19.1. The molecule has 0 fully saturated rings. The summed E-state index contributed by atoms with van der Waals surface area (Å²) < 4.78 is 23.8. The van der Waals surface area contributed by atoms with E-state index in [0.29, 0.717) is 31.1 Å². The van der Waals surface area contributed by atoms with Gasteiger partial charge in [-0.25, -0.2) is 4.39 Å². The predicted molar refractivity (Wildman–Crippen MR) is 81.8 cm³/mol. The molecule has 2 rings (SSSR count). The van der Waals surface area contributed by atoms with Crippen LogP contribution < -0.4 is 14.8 Å². The van der Waals surface area contributed by atoms with Crippen molar-refractivity contribution in [1.82, 2.24) is 5.32 Å². The average Bonchev–Trinajstić information content (AvgIpc) is 2.53. The SMILES string of the molecule is CCOc1ccc(OCCNC(=O)c2cccc(F)c2)cc1. The largest absolute Gasteiger partial charge is 0.494 e. The third kappa shape index (κ3) is 4.77. The molecule has 0 bridgehead atoms. The van der Waals surface area contributed by atoms with Crippen molar-refractivity contribution >= 4 is 5.91 Å². The molecule has 0 spiro atoms. The van der Waals surface area contributed by atoms with Crippen LogP contribution in [-0.2, 0) is 0 Å². The maximum absolute atomic E-state index is 13.0. The molecule has 2 aromatic rings. The zero-order valence-corrected chi connectivity index (χ0v) is 12.3. The van der Waals surface area contributed by atoms with Crippen molar-refractivity contribution in [2.75, 3.05) is 19.8 Å². The molecule has 0 atom stereocenters. The van der Waals surface area contributed by atoms with Crippen molar-refractivity contribution < 1.29 is 18.7 Å². The van der Waals surface area contributed by atoms with Gasteiger partial charge in [-0.2, -0.15) is 0 Å². The molecule has 5 heteroatoms. The van der Waals surface area contributed by atoms with E-state index in [2.05, 4.69) is 5.32 Å². The first-order chi connectivity index (χ1) is 10.7. The average molecular weight is 303 g/mol. The van der Waals surface area contributed by atoms with Gasteiger partial charge in [0, 0.05) is 5.56 Å². The van der Waals surface area contributed by atoms with Crippen LogP contribution in [0.5, 0.6) is 11.5 Å². The van der Waals surface area contributed by atoms with Gasteiger partial charge in [0.1, 0.15) is 23.9 Å². The molecule has 0 aliphatic carbocycles. The molecule has 4 nitrogen and oxygen atoms in total. The fourth-order valence-corrected chi connectivity index (χ4v) is 1.86. The van der Waals surface area contributed by atoms with E-state index in [0.717, 1.165) is 5.75 Å². The minimum Gasteiger partial charge on any atom is -0.494 e. The molecule has 0 radical (unpaired) electrons. The highest BCUT2D eigenvalue weighted by Gasteiger charge is 2.05. The van der Waals surface area contributed by atoms with E-state index in [1.54, 1.807) is 18.2 Å². The summed E-state index contributed by atoms with van der Waals surface area (Å²) in [6.07, 6.45) is 0. The Hall–Kier alpha value is -2.56. The molecule has 0 saturated heterocycles. The Morgan fingerprint density at radius 2 is 1.77 bits per heavy atom. The van der Waals surface area contributed by atoms with E-state index in [9.17, 15) is 9.18 Å². The number of amides is 1. The van der Waals surface area contributed by atoms with Crippen molar-refractivity contribution in [2.24, 2.45) is 0 Å². The summed E-state index contributed by atoms with van der Waals surface area (Å²) in [6.45, 7) is 3.20. The third-order valence-electron chi connectivity index (χ3n) is 2.88. The number of benzene rings is 2. The molecule has 22 heavy (non-hydrogen) atoms. The highest BCUT2D eigenvalue weighted by molar-refractivity contribution is 5.94. The van der Waals surface area contributed by atoms with Crippen molar-refractivity contribution in [3.05, 3.63) is 59.9 Å². The highest BCUT2D eigenvalue weighted by Crippen LogP contribution is 2.17. The maximum atomic E-state index is 13.0. The molecule has 0 aliphatic rings. The molecule has 116 valence electrons. The zero-order chi connectivity index (χ0) is 15.8. The van der Waals surface area contributed by atoms with Gasteiger partial charge in [-0.05, 0) is 49.4 Å². The van der Waals surface area contributed by atoms with Crippen LogP contribution in [0.2, 0.25) is 0 Å². The smallest absolute Gasteiger partial charge is 0.251 e. The van der Waals surface area contributed by atoms with Crippen LogP contribution in [0.3, 0.4) is 0 Å². The molecule has 0 saturated carbocycles. The van der Waals surface area contributed by atoms with Crippen LogP contribution >= 0.6 is 0 Å². The lowest BCUT2D eigenvalue weighted by molar-refractivity contribution is 0.0946. The van der Waals surface area contributed by atoms with Gasteiger partial charge in [-0.3, -0.25) is 4.79 Å². The summed E-state index contributed by atoms with van der Waals surface area (Å²) in [5.41, 5.74) is 0.293. The molecule has 0 aromatic heterocycles. The van der Waals surface area contributed by atoms with Crippen LogP contribution in [0, 0.1) is 5.82 Å². The Kier molecular flexibility index (Phi) is 5.77.